The Hall–Kier alpha value is -3.39. The number of benzene rings is 2. The van der Waals surface area contributed by atoms with Crippen molar-refractivity contribution in [2.45, 2.75) is 6.42 Å². The fourth-order valence-electron chi connectivity index (χ4n) is 2.24. The molecular weight excluding hydrogens is 330 g/mol. The number of carbonyl (C=O) groups is 3. The summed E-state index contributed by atoms with van der Waals surface area (Å²) in [6.45, 7) is -0.134. The van der Waals surface area contributed by atoms with E-state index in [1.54, 1.807) is 12.1 Å². The molecule has 0 spiro atoms. The number of amides is 1. The number of nitrogens with one attached hydrogen (secondary N) is 1. The number of carboxylic acids is 2. The molecule has 0 saturated heterocycles. The van der Waals surface area contributed by atoms with E-state index in [-0.39, 0.29) is 29.9 Å². The molecule has 0 radical (unpaired) electrons. The zero-order valence-corrected chi connectivity index (χ0v) is 12.9. The number of hydrogen-bond acceptors (Lipinski definition) is 5. The largest absolute Gasteiger partial charge is 0.492 e. The lowest BCUT2D eigenvalue weighted by molar-refractivity contribution is -0.129. The van der Waals surface area contributed by atoms with Gasteiger partial charge in [0, 0.05) is 0 Å². The van der Waals surface area contributed by atoms with E-state index in [2.05, 4.69) is 0 Å². The van der Waals surface area contributed by atoms with Crippen LogP contribution in [0.4, 0.5) is 0 Å². The summed E-state index contributed by atoms with van der Waals surface area (Å²) in [7, 11) is 0. The zero-order valence-electron chi connectivity index (χ0n) is 12.9. The average molecular weight is 345 g/mol. The summed E-state index contributed by atoms with van der Waals surface area (Å²) in [6.07, 6.45) is -0.158. The van der Waals surface area contributed by atoms with E-state index in [1.807, 2.05) is 0 Å². The van der Waals surface area contributed by atoms with Crippen molar-refractivity contribution in [1.82, 2.24) is 5.48 Å². The van der Waals surface area contributed by atoms with Crippen LogP contribution >= 0.6 is 0 Å². The van der Waals surface area contributed by atoms with E-state index in [4.69, 9.17) is 15.1 Å². The second-order valence-corrected chi connectivity index (χ2v) is 5.00. The minimum atomic E-state index is -1.25. The van der Waals surface area contributed by atoms with Gasteiger partial charge in [0.05, 0.1) is 18.6 Å². The first kappa shape index (κ1) is 18.0. The number of hydrogen-bond donors (Lipinski definition) is 4. The third kappa shape index (κ3) is 4.33. The summed E-state index contributed by atoms with van der Waals surface area (Å²) in [4.78, 5) is 33.8. The van der Waals surface area contributed by atoms with Crippen LogP contribution in [0, 0.1) is 0 Å². The van der Waals surface area contributed by atoms with Crippen molar-refractivity contribution in [2.24, 2.45) is 0 Å². The Morgan fingerprint density at radius 2 is 1.72 bits per heavy atom. The van der Waals surface area contributed by atoms with Gasteiger partial charge in [-0.15, -0.1) is 0 Å². The molecule has 8 nitrogen and oxygen atoms in total. The quantitative estimate of drug-likeness (QED) is 0.445. The second-order valence-electron chi connectivity index (χ2n) is 5.00. The van der Waals surface area contributed by atoms with Crippen molar-refractivity contribution in [3.63, 3.8) is 0 Å². The molecular formula is C17H15NO7. The first-order valence-corrected chi connectivity index (χ1v) is 7.19. The van der Waals surface area contributed by atoms with Gasteiger partial charge in [0.1, 0.15) is 11.3 Å². The molecule has 0 aliphatic rings. The van der Waals surface area contributed by atoms with Crippen molar-refractivity contribution in [3.05, 3.63) is 53.6 Å². The molecule has 4 N–H and O–H groups in total. The van der Waals surface area contributed by atoms with Gasteiger partial charge in [0.25, 0.3) is 0 Å². The number of hydroxylamine groups is 1. The topological polar surface area (TPSA) is 133 Å². The summed E-state index contributed by atoms with van der Waals surface area (Å²) < 4.78 is 5.34. The number of ether oxygens (including phenoxy) is 1. The van der Waals surface area contributed by atoms with Crippen molar-refractivity contribution in [2.75, 3.05) is 6.61 Å². The van der Waals surface area contributed by atoms with Crippen LogP contribution in [-0.2, 0) is 4.79 Å². The van der Waals surface area contributed by atoms with Crippen molar-refractivity contribution < 1.29 is 34.5 Å². The Morgan fingerprint density at radius 3 is 2.36 bits per heavy atom. The van der Waals surface area contributed by atoms with Crippen LogP contribution in [0.2, 0.25) is 0 Å². The molecule has 2 rings (SSSR count). The molecule has 130 valence electrons. The number of carbonyl (C=O) groups excluding carboxylic acids is 1. The third-order valence-corrected chi connectivity index (χ3v) is 3.37. The highest BCUT2D eigenvalue weighted by Gasteiger charge is 2.19. The summed E-state index contributed by atoms with van der Waals surface area (Å²) >= 11 is 0. The Morgan fingerprint density at radius 1 is 1.00 bits per heavy atom. The number of carboxylic acid groups (broad SMARTS) is 2. The minimum absolute atomic E-state index is 0.0276. The Labute approximate surface area is 142 Å². The van der Waals surface area contributed by atoms with Gasteiger partial charge in [-0.2, -0.15) is 0 Å². The van der Waals surface area contributed by atoms with Crippen molar-refractivity contribution in [3.8, 4) is 16.9 Å². The van der Waals surface area contributed by atoms with E-state index < -0.39 is 17.8 Å². The third-order valence-electron chi connectivity index (χ3n) is 3.37. The van der Waals surface area contributed by atoms with E-state index in [0.29, 0.717) is 11.1 Å². The van der Waals surface area contributed by atoms with Gasteiger partial charge in [0.2, 0.25) is 5.91 Å². The van der Waals surface area contributed by atoms with E-state index in [0.717, 1.165) is 0 Å². The molecule has 0 heterocycles. The van der Waals surface area contributed by atoms with Gasteiger partial charge in [0.15, 0.2) is 0 Å². The predicted molar refractivity (Wildman–Crippen MR) is 85.8 cm³/mol. The van der Waals surface area contributed by atoms with Gasteiger partial charge in [-0.3, -0.25) is 10.0 Å². The van der Waals surface area contributed by atoms with Gasteiger partial charge < -0.3 is 14.9 Å². The minimum Gasteiger partial charge on any atom is -0.492 e. The van der Waals surface area contributed by atoms with Crippen LogP contribution in [0.1, 0.15) is 27.1 Å². The Bertz CT molecular complexity index is 816. The molecule has 0 aliphatic heterocycles. The van der Waals surface area contributed by atoms with Crippen LogP contribution in [0.25, 0.3) is 11.1 Å². The summed E-state index contributed by atoms with van der Waals surface area (Å²) in [5.74, 6) is -3.00. The molecule has 0 unspecified atom stereocenters. The molecule has 2 aromatic carbocycles. The zero-order chi connectivity index (χ0) is 18.4. The lowest BCUT2D eigenvalue weighted by atomic mass is 9.97. The summed E-state index contributed by atoms with van der Waals surface area (Å²) in [5.41, 5.74) is 2.04. The van der Waals surface area contributed by atoms with E-state index in [9.17, 15) is 19.5 Å². The van der Waals surface area contributed by atoms with Crippen LogP contribution in [0.3, 0.4) is 0 Å². The normalized spacial score (nSPS) is 10.1. The standard InChI is InChI=1S/C17H15NO7/c19-14(18-24)7-8-25-13-6-2-5-12(15(13)17(22)23)10-3-1-4-11(9-10)16(20)21/h1-6,9,24H,7-8H2,(H,18,19)(H,20,21)(H,22,23). The summed E-state index contributed by atoms with van der Waals surface area (Å²) in [5, 5.41) is 27.0. The summed E-state index contributed by atoms with van der Waals surface area (Å²) in [6, 6.07) is 10.4. The molecule has 0 atom stereocenters. The van der Waals surface area contributed by atoms with Gasteiger partial charge in [-0.1, -0.05) is 24.3 Å². The number of rotatable bonds is 7. The predicted octanol–water partition coefficient (Wildman–Crippen LogP) is 2.02. The maximum atomic E-state index is 11.7. The van der Waals surface area contributed by atoms with Crippen LogP contribution in [0.5, 0.6) is 5.75 Å². The maximum absolute atomic E-state index is 11.7. The lowest BCUT2D eigenvalue weighted by Crippen LogP contribution is -2.21. The molecule has 25 heavy (non-hydrogen) atoms. The molecule has 2 aromatic rings. The molecule has 0 bridgehead atoms. The van der Waals surface area contributed by atoms with Crippen molar-refractivity contribution in [1.29, 1.82) is 0 Å². The fourth-order valence-corrected chi connectivity index (χ4v) is 2.24. The Kier molecular flexibility index (Phi) is 5.70. The monoisotopic (exact) mass is 345 g/mol. The highest BCUT2D eigenvalue weighted by Crippen LogP contribution is 2.31. The van der Waals surface area contributed by atoms with Crippen molar-refractivity contribution >= 4 is 17.8 Å². The fraction of sp³-hybridized carbons (Fsp3) is 0.118. The van der Waals surface area contributed by atoms with E-state index >= 15 is 0 Å². The van der Waals surface area contributed by atoms with Gasteiger partial charge in [-0.05, 0) is 29.3 Å². The average Bonchev–Trinajstić information content (AvgIpc) is 2.61. The molecule has 0 saturated carbocycles. The molecule has 0 fully saturated rings. The molecule has 1 amide bonds. The van der Waals surface area contributed by atoms with Crippen LogP contribution in [-0.4, -0.2) is 39.9 Å². The first-order valence-electron chi connectivity index (χ1n) is 7.19. The van der Waals surface area contributed by atoms with Gasteiger partial charge in [-0.25, -0.2) is 15.1 Å². The SMILES string of the molecule is O=C(CCOc1cccc(-c2cccc(C(=O)O)c2)c1C(=O)O)NO. The highest BCUT2D eigenvalue weighted by atomic mass is 16.5. The lowest BCUT2D eigenvalue weighted by Gasteiger charge is -2.13. The maximum Gasteiger partial charge on any atom is 0.340 e. The van der Waals surface area contributed by atoms with Gasteiger partial charge >= 0.3 is 11.9 Å². The Balaban J connectivity index is 2.40. The first-order chi connectivity index (χ1) is 11.9. The molecule has 0 aliphatic carbocycles. The van der Waals surface area contributed by atoms with Crippen LogP contribution < -0.4 is 10.2 Å². The number of aromatic carboxylic acids is 2. The second kappa shape index (κ2) is 7.93. The van der Waals surface area contributed by atoms with E-state index in [1.165, 1.54) is 35.8 Å². The smallest absolute Gasteiger partial charge is 0.340 e. The molecule has 8 heteroatoms. The molecule has 0 aromatic heterocycles. The highest BCUT2D eigenvalue weighted by molar-refractivity contribution is 6.00. The van der Waals surface area contributed by atoms with Crippen LogP contribution in [0.15, 0.2) is 42.5 Å².